The summed E-state index contributed by atoms with van der Waals surface area (Å²) in [5.41, 5.74) is 0.705. The smallest absolute Gasteiger partial charge is 0.249 e. The van der Waals surface area contributed by atoms with E-state index in [1.807, 2.05) is 6.92 Å². The zero-order chi connectivity index (χ0) is 17.7. The minimum atomic E-state index is -0.492. The third-order valence-corrected chi connectivity index (χ3v) is 4.13. The lowest BCUT2D eigenvalue weighted by molar-refractivity contribution is -0.128. The second-order valence-corrected chi connectivity index (χ2v) is 5.87. The van der Waals surface area contributed by atoms with E-state index < -0.39 is 6.04 Å². The van der Waals surface area contributed by atoms with E-state index in [-0.39, 0.29) is 17.7 Å². The number of methoxy groups -OCH3 is 2. The van der Waals surface area contributed by atoms with Crippen LogP contribution in [0.4, 0.5) is 5.69 Å². The van der Waals surface area contributed by atoms with Gasteiger partial charge in [0.1, 0.15) is 17.5 Å². The van der Waals surface area contributed by atoms with Crippen LogP contribution in [0.25, 0.3) is 0 Å². The van der Waals surface area contributed by atoms with Gasteiger partial charge in [-0.05, 0) is 13.5 Å². The molecule has 0 aromatic heterocycles. The molecule has 1 fully saturated rings. The third-order valence-electron chi connectivity index (χ3n) is 4.13. The summed E-state index contributed by atoms with van der Waals surface area (Å²) in [4.78, 5) is 26.4. The molecule has 0 bridgehead atoms. The number of nitrogens with zero attached hydrogens (tertiary/aromatic N) is 1. The molecule has 24 heavy (non-hydrogen) atoms. The van der Waals surface area contributed by atoms with Gasteiger partial charge >= 0.3 is 0 Å². The van der Waals surface area contributed by atoms with Crippen LogP contribution in [-0.2, 0) is 9.59 Å². The van der Waals surface area contributed by atoms with Crippen molar-refractivity contribution in [3.8, 4) is 11.5 Å². The number of amides is 2. The third kappa shape index (κ3) is 3.97. The average Bonchev–Trinajstić information content (AvgIpc) is 2.95. The lowest BCUT2D eigenvalue weighted by Crippen LogP contribution is -2.45. The van der Waals surface area contributed by atoms with Gasteiger partial charge in [0, 0.05) is 37.2 Å². The quantitative estimate of drug-likeness (QED) is 0.770. The van der Waals surface area contributed by atoms with Gasteiger partial charge in [-0.1, -0.05) is 6.92 Å². The largest absolute Gasteiger partial charge is 0.497 e. The van der Waals surface area contributed by atoms with E-state index in [1.54, 1.807) is 44.4 Å². The van der Waals surface area contributed by atoms with Crippen molar-refractivity contribution in [3.63, 3.8) is 0 Å². The molecule has 0 radical (unpaired) electrons. The summed E-state index contributed by atoms with van der Waals surface area (Å²) in [5, 5.41) is 5.80. The molecular formula is C17H25N3O4. The first-order chi connectivity index (χ1) is 11.5. The van der Waals surface area contributed by atoms with Crippen LogP contribution >= 0.6 is 0 Å². The molecule has 1 saturated heterocycles. The fourth-order valence-corrected chi connectivity index (χ4v) is 2.73. The van der Waals surface area contributed by atoms with Gasteiger partial charge in [0.05, 0.1) is 19.9 Å². The first kappa shape index (κ1) is 18.1. The summed E-state index contributed by atoms with van der Waals surface area (Å²) in [6.07, 6.45) is 0.580. The molecule has 7 heteroatoms. The van der Waals surface area contributed by atoms with Crippen molar-refractivity contribution in [3.05, 3.63) is 18.2 Å². The normalized spacial score (nSPS) is 18.4. The van der Waals surface area contributed by atoms with Gasteiger partial charge in [-0.2, -0.15) is 0 Å². The zero-order valence-corrected chi connectivity index (χ0v) is 14.6. The highest BCUT2D eigenvalue weighted by Crippen LogP contribution is 2.31. The first-order valence-corrected chi connectivity index (χ1v) is 7.99. The van der Waals surface area contributed by atoms with Crippen molar-refractivity contribution in [2.24, 2.45) is 5.92 Å². The molecule has 0 saturated carbocycles. The summed E-state index contributed by atoms with van der Waals surface area (Å²) in [7, 11) is 4.93. The fourth-order valence-electron chi connectivity index (χ4n) is 2.73. The van der Waals surface area contributed by atoms with Crippen LogP contribution in [0.5, 0.6) is 11.5 Å². The Morgan fingerprint density at radius 1 is 1.29 bits per heavy atom. The van der Waals surface area contributed by atoms with Gasteiger partial charge in [-0.15, -0.1) is 0 Å². The predicted octanol–water partition coefficient (Wildman–Crippen LogP) is 0.781. The Bertz CT molecular complexity index is 583. The molecule has 2 amide bonds. The number of hydrogen-bond donors (Lipinski definition) is 2. The number of hydrogen-bond acceptors (Lipinski definition) is 5. The molecule has 1 aromatic carbocycles. The topological polar surface area (TPSA) is 79.9 Å². The highest BCUT2D eigenvalue weighted by atomic mass is 16.5. The Morgan fingerprint density at radius 2 is 1.92 bits per heavy atom. The molecule has 132 valence electrons. The maximum absolute atomic E-state index is 12.6. The molecule has 7 nitrogen and oxygen atoms in total. The SMILES string of the molecule is CNCC(C)C(=O)NC1CCN(c2cc(OC)cc(OC)c2)C1=O. The minimum Gasteiger partial charge on any atom is -0.497 e. The monoisotopic (exact) mass is 335 g/mol. The molecule has 1 aliphatic rings. The number of carbonyl (C=O) groups is 2. The van der Waals surface area contributed by atoms with Crippen molar-refractivity contribution >= 4 is 17.5 Å². The van der Waals surface area contributed by atoms with Crippen molar-refractivity contribution in [2.75, 3.05) is 39.3 Å². The summed E-state index contributed by atoms with van der Waals surface area (Å²) < 4.78 is 10.5. The van der Waals surface area contributed by atoms with Crippen molar-refractivity contribution < 1.29 is 19.1 Å². The lowest BCUT2D eigenvalue weighted by atomic mass is 10.1. The van der Waals surface area contributed by atoms with E-state index in [4.69, 9.17) is 9.47 Å². The Hall–Kier alpha value is -2.28. The van der Waals surface area contributed by atoms with Gasteiger partial charge in [-0.3, -0.25) is 9.59 Å². The van der Waals surface area contributed by atoms with Crippen molar-refractivity contribution in [1.82, 2.24) is 10.6 Å². The zero-order valence-electron chi connectivity index (χ0n) is 14.6. The van der Waals surface area contributed by atoms with E-state index in [2.05, 4.69) is 10.6 Å². The molecule has 2 atom stereocenters. The number of anilines is 1. The van der Waals surface area contributed by atoms with E-state index in [9.17, 15) is 9.59 Å². The van der Waals surface area contributed by atoms with Gasteiger partial charge in [0.15, 0.2) is 0 Å². The second-order valence-electron chi connectivity index (χ2n) is 5.87. The van der Waals surface area contributed by atoms with Crippen LogP contribution in [0, 0.1) is 5.92 Å². The van der Waals surface area contributed by atoms with Crippen LogP contribution in [0.1, 0.15) is 13.3 Å². The molecule has 0 aliphatic carbocycles. The molecule has 1 heterocycles. The fraction of sp³-hybridized carbons (Fsp3) is 0.529. The molecule has 2 unspecified atom stereocenters. The van der Waals surface area contributed by atoms with Crippen LogP contribution in [0.3, 0.4) is 0 Å². The van der Waals surface area contributed by atoms with Gasteiger partial charge in [0.2, 0.25) is 11.8 Å². The van der Waals surface area contributed by atoms with Crippen LogP contribution in [0.15, 0.2) is 18.2 Å². The Morgan fingerprint density at radius 3 is 2.46 bits per heavy atom. The van der Waals surface area contributed by atoms with Crippen LogP contribution < -0.4 is 25.0 Å². The van der Waals surface area contributed by atoms with Crippen LogP contribution in [-0.4, -0.2) is 52.2 Å². The van der Waals surface area contributed by atoms with E-state index in [1.165, 1.54) is 0 Å². The number of carbonyl (C=O) groups excluding carboxylic acids is 2. The molecule has 1 aromatic rings. The van der Waals surface area contributed by atoms with Crippen molar-refractivity contribution in [2.45, 2.75) is 19.4 Å². The van der Waals surface area contributed by atoms with E-state index in [0.29, 0.717) is 36.7 Å². The Balaban J connectivity index is 2.10. The highest BCUT2D eigenvalue weighted by Gasteiger charge is 2.34. The number of rotatable bonds is 7. The molecule has 1 aliphatic heterocycles. The number of benzene rings is 1. The molecule has 2 rings (SSSR count). The number of ether oxygens (including phenoxy) is 2. The minimum absolute atomic E-state index is 0.115. The molecule has 2 N–H and O–H groups in total. The summed E-state index contributed by atoms with van der Waals surface area (Å²) in [6, 6.07) is 4.83. The average molecular weight is 335 g/mol. The highest BCUT2D eigenvalue weighted by molar-refractivity contribution is 6.01. The summed E-state index contributed by atoms with van der Waals surface area (Å²) in [5.74, 6) is 0.816. The van der Waals surface area contributed by atoms with Gasteiger partial charge < -0.3 is 25.0 Å². The van der Waals surface area contributed by atoms with Crippen molar-refractivity contribution in [1.29, 1.82) is 0 Å². The number of nitrogens with one attached hydrogen (secondary N) is 2. The van der Waals surface area contributed by atoms with Gasteiger partial charge in [0.25, 0.3) is 0 Å². The maximum Gasteiger partial charge on any atom is 0.249 e. The summed E-state index contributed by atoms with van der Waals surface area (Å²) in [6.45, 7) is 2.94. The van der Waals surface area contributed by atoms with Crippen LogP contribution in [0.2, 0.25) is 0 Å². The lowest BCUT2D eigenvalue weighted by Gasteiger charge is -2.20. The second kappa shape index (κ2) is 8.01. The first-order valence-electron chi connectivity index (χ1n) is 7.99. The maximum atomic E-state index is 12.6. The van der Waals surface area contributed by atoms with E-state index in [0.717, 1.165) is 0 Å². The van der Waals surface area contributed by atoms with Gasteiger partial charge in [-0.25, -0.2) is 0 Å². The molecule has 0 spiro atoms. The van der Waals surface area contributed by atoms with E-state index >= 15 is 0 Å². The Kier molecular flexibility index (Phi) is 6.03. The standard InChI is InChI=1S/C17H25N3O4/c1-11(10-18-2)16(21)19-15-5-6-20(17(15)22)12-7-13(23-3)9-14(8-12)24-4/h7-9,11,15,18H,5-6,10H2,1-4H3,(H,19,21). The predicted molar refractivity (Wildman–Crippen MR) is 91.5 cm³/mol. The Labute approximate surface area is 142 Å². The summed E-state index contributed by atoms with van der Waals surface area (Å²) >= 11 is 0. The molecular weight excluding hydrogens is 310 g/mol.